The molecule has 1 aliphatic rings. The van der Waals surface area contributed by atoms with Crippen molar-refractivity contribution in [2.24, 2.45) is 5.92 Å². The maximum absolute atomic E-state index is 11.9. The van der Waals surface area contributed by atoms with Gasteiger partial charge in [-0.05, 0) is 18.1 Å². The molecule has 1 aliphatic heterocycles. The molecule has 1 atom stereocenters. The quantitative estimate of drug-likeness (QED) is 0.852. The second kappa shape index (κ2) is 4.28. The van der Waals surface area contributed by atoms with Crippen LogP contribution < -0.4 is 10.6 Å². The summed E-state index contributed by atoms with van der Waals surface area (Å²) in [5, 5.41) is 5.77. The van der Waals surface area contributed by atoms with Crippen LogP contribution in [-0.4, -0.2) is 26.6 Å². The van der Waals surface area contributed by atoms with Crippen molar-refractivity contribution in [1.29, 1.82) is 0 Å². The molecule has 0 saturated heterocycles. The Hall–Kier alpha value is -1.56. The van der Waals surface area contributed by atoms with E-state index in [0.29, 0.717) is 11.4 Å². The summed E-state index contributed by atoms with van der Waals surface area (Å²) in [6, 6.07) is 4.58. The van der Waals surface area contributed by atoms with Gasteiger partial charge in [-0.2, -0.15) is 0 Å². The number of hydrogen-bond donors (Lipinski definition) is 2. The van der Waals surface area contributed by atoms with Crippen LogP contribution in [0.5, 0.6) is 0 Å². The molecular formula is C12H16N2O3S. The van der Waals surface area contributed by atoms with Crippen molar-refractivity contribution in [3.05, 3.63) is 18.2 Å². The Morgan fingerprint density at radius 1 is 1.28 bits per heavy atom. The smallest absolute Gasteiger partial charge is 0.247 e. The van der Waals surface area contributed by atoms with Gasteiger partial charge < -0.3 is 10.6 Å². The fraction of sp³-hybridized carbons (Fsp3) is 0.417. The molecule has 2 N–H and O–H groups in total. The Morgan fingerprint density at radius 3 is 2.50 bits per heavy atom. The van der Waals surface area contributed by atoms with Crippen molar-refractivity contribution in [2.75, 3.05) is 16.9 Å². The van der Waals surface area contributed by atoms with Crippen molar-refractivity contribution in [1.82, 2.24) is 0 Å². The minimum Gasteiger partial charge on any atom is -0.372 e. The van der Waals surface area contributed by atoms with E-state index in [1.165, 1.54) is 6.07 Å². The predicted molar refractivity (Wildman–Crippen MR) is 70.4 cm³/mol. The number of carbonyl (C=O) groups is 1. The molecule has 6 heteroatoms. The van der Waals surface area contributed by atoms with Gasteiger partial charge in [-0.15, -0.1) is 0 Å². The number of sulfone groups is 1. The Balaban J connectivity index is 2.52. The fourth-order valence-electron chi connectivity index (χ4n) is 1.99. The van der Waals surface area contributed by atoms with Gasteiger partial charge in [0.05, 0.1) is 16.3 Å². The second-order valence-corrected chi connectivity index (χ2v) is 6.79. The number of amides is 1. The number of carbonyl (C=O) groups excluding carboxylic acids is 1. The van der Waals surface area contributed by atoms with Gasteiger partial charge in [0.2, 0.25) is 5.91 Å². The molecule has 1 aromatic rings. The summed E-state index contributed by atoms with van der Waals surface area (Å²) in [5.74, 6) is -0.0753. The minimum atomic E-state index is -3.36. The van der Waals surface area contributed by atoms with Crippen LogP contribution in [0.15, 0.2) is 23.1 Å². The van der Waals surface area contributed by atoms with Crippen LogP contribution in [-0.2, 0) is 14.6 Å². The number of benzene rings is 1. The zero-order valence-corrected chi connectivity index (χ0v) is 11.3. The van der Waals surface area contributed by atoms with Crippen LogP contribution >= 0.6 is 0 Å². The average Bonchev–Trinajstić information content (AvgIpc) is 2.25. The molecule has 0 saturated carbocycles. The maximum atomic E-state index is 11.9. The lowest BCUT2D eigenvalue weighted by molar-refractivity contribution is -0.117. The van der Waals surface area contributed by atoms with E-state index in [1.807, 2.05) is 13.8 Å². The lowest BCUT2D eigenvalue weighted by Crippen LogP contribution is -2.42. The first-order chi connectivity index (χ1) is 8.30. The van der Waals surface area contributed by atoms with Gasteiger partial charge in [0.15, 0.2) is 9.84 Å². The lowest BCUT2D eigenvalue weighted by Gasteiger charge is -2.30. The number of hydrogen-bond acceptors (Lipinski definition) is 4. The fourth-order valence-corrected chi connectivity index (χ4v) is 2.85. The Morgan fingerprint density at radius 2 is 1.94 bits per heavy atom. The molecule has 1 aromatic carbocycles. The highest BCUT2D eigenvalue weighted by molar-refractivity contribution is 7.90. The van der Waals surface area contributed by atoms with Crippen LogP contribution in [0.3, 0.4) is 0 Å². The zero-order valence-electron chi connectivity index (χ0n) is 10.5. The molecule has 0 spiro atoms. The highest BCUT2D eigenvalue weighted by Gasteiger charge is 2.30. The number of para-hydroxylation sites is 1. The minimum absolute atomic E-state index is 0.125. The third-order valence-corrected chi connectivity index (χ3v) is 4.07. The van der Waals surface area contributed by atoms with E-state index >= 15 is 0 Å². The molecule has 1 heterocycles. The highest BCUT2D eigenvalue weighted by atomic mass is 32.2. The first-order valence-corrected chi connectivity index (χ1v) is 7.60. The van der Waals surface area contributed by atoms with Gasteiger partial charge in [-0.25, -0.2) is 8.42 Å². The van der Waals surface area contributed by atoms with Crippen molar-refractivity contribution >= 4 is 27.1 Å². The van der Waals surface area contributed by atoms with Crippen molar-refractivity contribution in [2.45, 2.75) is 24.8 Å². The number of nitrogens with one attached hydrogen (secondary N) is 2. The molecule has 0 radical (unpaired) electrons. The standard InChI is InChI=1S/C12H16N2O3S/c1-7(2)10-12(15)14-11-8(13-10)5-4-6-9(11)18(3,16)17/h4-7,10,13H,1-3H3,(H,14,15). The highest BCUT2D eigenvalue weighted by Crippen LogP contribution is 2.34. The van der Waals surface area contributed by atoms with Crippen LogP contribution in [0, 0.1) is 5.92 Å². The van der Waals surface area contributed by atoms with Gasteiger partial charge in [-0.1, -0.05) is 19.9 Å². The Bertz CT molecular complexity index is 593. The second-order valence-electron chi connectivity index (χ2n) is 4.81. The first kappa shape index (κ1) is 12.9. The molecule has 1 unspecified atom stereocenters. The molecule has 0 aromatic heterocycles. The summed E-state index contributed by atoms with van der Waals surface area (Å²) in [6.45, 7) is 3.87. The topological polar surface area (TPSA) is 75.3 Å². The molecule has 1 amide bonds. The lowest BCUT2D eigenvalue weighted by atomic mass is 10.0. The Kier molecular flexibility index (Phi) is 3.06. The average molecular weight is 268 g/mol. The summed E-state index contributed by atoms with van der Waals surface area (Å²) < 4.78 is 23.3. The molecule has 98 valence electrons. The van der Waals surface area contributed by atoms with Crippen LogP contribution in [0.4, 0.5) is 11.4 Å². The molecule has 5 nitrogen and oxygen atoms in total. The van der Waals surface area contributed by atoms with Crippen molar-refractivity contribution in [3.63, 3.8) is 0 Å². The van der Waals surface area contributed by atoms with Gasteiger partial charge >= 0.3 is 0 Å². The summed E-state index contributed by atoms with van der Waals surface area (Å²) in [6.07, 6.45) is 1.13. The summed E-state index contributed by atoms with van der Waals surface area (Å²) in [7, 11) is -3.36. The molecule has 0 bridgehead atoms. The van der Waals surface area contributed by atoms with E-state index in [-0.39, 0.29) is 22.8 Å². The molecule has 0 fully saturated rings. The molecular weight excluding hydrogens is 252 g/mol. The SMILES string of the molecule is CC(C)C1Nc2cccc(S(C)(=O)=O)c2NC1=O. The number of fused-ring (bicyclic) bond motifs is 1. The van der Waals surface area contributed by atoms with Gasteiger partial charge in [-0.3, -0.25) is 4.79 Å². The first-order valence-electron chi connectivity index (χ1n) is 5.71. The molecule has 0 aliphatic carbocycles. The number of anilines is 2. The molecule has 2 rings (SSSR count). The monoisotopic (exact) mass is 268 g/mol. The van der Waals surface area contributed by atoms with Crippen LogP contribution in [0.1, 0.15) is 13.8 Å². The maximum Gasteiger partial charge on any atom is 0.247 e. The zero-order chi connectivity index (χ0) is 13.5. The predicted octanol–water partition coefficient (Wildman–Crippen LogP) is 1.48. The third-order valence-electron chi connectivity index (χ3n) is 2.93. The number of rotatable bonds is 2. The largest absolute Gasteiger partial charge is 0.372 e. The van der Waals surface area contributed by atoms with E-state index in [2.05, 4.69) is 10.6 Å². The summed E-state index contributed by atoms with van der Waals surface area (Å²) >= 11 is 0. The summed E-state index contributed by atoms with van der Waals surface area (Å²) in [4.78, 5) is 12.1. The van der Waals surface area contributed by atoms with E-state index in [1.54, 1.807) is 12.1 Å². The van der Waals surface area contributed by atoms with Crippen LogP contribution in [0.2, 0.25) is 0 Å². The van der Waals surface area contributed by atoms with Gasteiger partial charge in [0.25, 0.3) is 0 Å². The van der Waals surface area contributed by atoms with E-state index in [4.69, 9.17) is 0 Å². The van der Waals surface area contributed by atoms with Crippen molar-refractivity contribution < 1.29 is 13.2 Å². The normalized spacial score (nSPS) is 19.1. The van der Waals surface area contributed by atoms with E-state index < -0.39 is 9.84 Å². The van der Waals surface area contributed by atoms with E-state index in [9.17, 15) is 13.2 Å². The van der Waals surface area contributed by atoms with E-state index in [0.717, 1.165) is 6.26 Å². The van der Waals surface area contributed by atoms with Gasteiger partial charge in [0, 0.05) is 6.26 Å². The molecule has 18 heavy (non-hydrogen) atoms. The van der Waals surface area contributed by atoms with Crippen LogP contribution in [0.25, 0.3) is 0 Å². The third kappa shape index (κ3) is 2.20. The van der Waals surface area contributed by atoms with Gasteiger partial charge in [0.1, 0.15) is 6.04 Å². The summed E-state index contributed by atoms with van der Waals surface area (Å²) in [5.41, 5.74) is 0.998. The van der Waals surface area contributed by atoms with Crippen molar-refractivity contribution in [3.8, 4) is 0 Å². The Labute approximate surface area is 107 Å².